The van der Waals surface area contributed by atoms with Crippen molar-refractivity contribution in [2.24, 2.45) is 5.73 Å². The van der Waals surface area contributed by atoms with E-state index in [2.05, 4.69) is 15.0 Å². The summed E-state index contributed by atoms with van der Waals surface area (Å²) in [5.41, 5.74) is 7.01. The Labute approximate surface area is 99.0 Å². The first kappa shape index (κ1) is 12.4. The van der Waals surface area contributed by atoms with E-state index in [1.54, 1.807) is 12.1 Å². The summed E-state index contributed by atoms with van der Waals surface area (Å²) < 4.78 is 4.50. The number of aryl methyl sites for hydroxylation is 1. The molecule has 0 saturated heterocycles. The van der Waals surface area contributed by atoms with Gasteiger partial charge in [0.25, 0.3) is 0 Å². The first-order valence-electron chi connectivity index (χ1n) is 4.62. The maximum atomic E-state index is 10.9. The van der Waals surface area contributed by atoms with E-state index in [0.717, 1.165) is 11.3 Å². The second-order valence-corrected chi connectivity index (χ2v) is 3.62. The number of nitrogens with one attached hydrogen (secondary N) is 1. The molecule has 0 radical (unpaired) electrons. The number of hydrogen-bond donors (Lipinski definition) is 2. The highest BCUT2D eigenvalue weighted by atomic mass is 32.1. The van der Waals surface area contributed by atoms with Crippen LogP contribution in [-0.4, -0.2) is 29.6 Å². The molecule has 0 unspecified atom stereocenters. The monoisotopic (exact) mass is 239 g/mol. The van der Waals surface area contributed by atoms with E-state index >= 15 is 0 Å². The van der Waals surface area contributed by atoms with Gasteiger partial charge in [0.1, 0.15) is 17.4 Å². The minimum absolute atomic E-state index is 0.0593. The van der Waals surface area contributed by atoms with Crippen molar-refractivity contribution in [3.8, 4) is 0 Å². The van der Waals surface area contributed by atoms with Crippen molar-refractivity contribution in [2.75, 3.05) is 19.0 Å². The quantitative estimate of drug-likeness (QED) is 0.592. The highest BCUT2D eigenvalue weighted by Crippen LogP contribution is 2.09. The fraction of sp³-hybridized carbons (Fsp3) is 0.300. The van der Waals surface area contributed by atoms with Crippen molar-refractivity contribution in [3.63, 3.8) is 0 Å². The van der Waals surface area contributed by atoms with E-state index in [1.807, 2.05) is 6.92 Å². The summed E-state index contributed by atoms with van der Waals surface area (Å²) >= 11 is 4.87. The Kier molecular flexibility index (Phi) is 4.19. The third kappa shape index (κ3) is 3.47. The average molecular weight is 239 g/mol. The van der Waals surface area contributed by atoms with Crippen molar-refractivity contribution in [3.05, 3.63) is 23.4 Å². The van der Waals surface area contributed by atoms with Gasteiger partial charge in [-0.25, -0.2) is 4.98 Å². The molecule has 0 aliphatic heterocycles. The number of carbonyl (C=O) groups excluding carboxylic acids is 1. The highest BCUT2D eigenvalue weighted by molar-refractivity contribution is 7.80. The van der Waals surface area contributed by atoms with Gasteiger partial charge in [-0.15, -0.1) is 0 Å². The second kappa shape index (κ2) is 5.41. The first-order chi connectivity index (χ1) is 7.52. The van der Waals surface area contributed by atoms with E-state index in [1.165, 1.54) is 7.11 Å². The summed E-state index contributed by atoms with van der Waals surface area (Å²) in [6.45, 7) is 1.88. The zero-order valence-corrected chi connectivity index (χ0v) is 9.93. The molecule has 0 aliphatic carbocycles. The van der Waals surface area contributed by atoms with Crippen molar-refractivity contribution >= 4 is 29.0 Å². The topological polar surface area (TPSA) is 77.2 Å². The van der Waals surface area contributed by atoms with Crippen molar-refractivity contribution < 1.29 is 9.53 Å². The lowest BCUT2D eigenvalue weighted by molar-refractivity contribution is -0.138. The Bertz CT molecular complexity index is 421. The molecule has 0 aliphatic rings. The van der Waals surface area contributed by atoms with Gasteiger partial charge in [0.05, 0.1) is 7.11 Å². The molecule has 0 aromatic carbocycles. The summed E-state index contributed by atoms with van der Waals surface area (Å²) in [5.74, 6) is 0.188. The fourth-order valence-corrected chi connectivity index (χ4v) is 1.25. The van der Waals surface area contributed by atoms with E-state index in [0.29, 0.717) is 10.8 Å². The molecule has 1 rings (SSSR count). The molecule has 0 saturated carbocycles. The molecule has 0 amide bonds. The third-order valence-corrected chi connectivity index (χ3v) is 2.12. The lowest BCUT2D eigenvalue weighted by Gasteiger charge is -2.07. The highest BCUT2D eigenvalue weighted by Gasteiger charge is 2.04. The summed E-state index contributed by atoms with van der Waals surface area (Å²) in [4.78, 5) is 15.4. The Morgan fingerprint density at radius 2 is 2.31 bits per heavy atom. The molecule has 3 N–H and O–H groups in total. The van der Waals surface area contributed by atoms with Gasteiger partial charge in [0.2, 0.25) is 0 Å². The number of nitrogens with zero attached hydrogens (tertiary/aromatic N) is 1. The van der Waals surface area contributed by atoms with Crippen molar-refractivity contribution in [1.29, 1.82) is 0 Å². The van der Waals surface area contributed by atoms with Crippen LogP contribution in [0.3, 0.4) is 0 Å². The fourth-order valence-electron chi connectivity index (χ4n) is 1.14. The molecule has 0 fully saturated rings. The predicted molar refractivity (Wildman–Crippen MR) is 65.4 cm³/mol. The number of aromatic nitrogens is 1. The maximum Gasteiger partial charge on any atom is 0.325 e. The Balaban J connectivity index is 2.80. The van der Waals surface area contributed by atoms with E-state index in [9.17, 15) is 4.79 Å². The summed E-state index contributed by atoms with van der Waals surface area (Å²) in [7, 11) is 1.33. The maximum absolute atomic E-state index is 10.9. The van der Waals surface area contributed by atoms with Gasteiger partial charge < -0.3 is 15.8 Å². The molecular weight excluding hydrogens is 226 g/mol. The Hall–Kier alpha value is -1.69. The van der Waals surface area contributed by atoms with Crippen LogP contribution in [0.15, 0.2) is 12.1 Å². The molecule has 1 heterocycles. The minimum Gasteiger partial charge on any atom is -0.468 e. The lowest BCUT2D eigenvalue weighted by atomic mass is 10.2. The summed E-state index contributed by atoms with van der Waals surface area (Å²) in [5, 5.41) is 2.83. The number of carbonyl (C=O) groups is 1. The van der Waals surface area contributed by atoms with Gasteiger partial charge >= 0.3 is 5.97 Å². The molecule has 0 atom stereocenters. The third-order valence-electron chi connectivity index (χ3n) is 1.88. The number of nitrogens with two attached hydrogens (primary N) is 1. The van der Waals surface area contributed by atoms with Crippen molar-refractivity contribution in [2.45, 2.75) is 6.92 Å². The van der Waals surface area contributed by atoms with Gasteiger partial charge in [-0.05, 0) is 19.1 Å². The number of esters is 1. The van der Waals surface area contributed by atoms with Gasteiger partial charge in [-0.3, -0.25) is 4.79 Å². The number of rotatable bonds is 4. The molecule has 5 nitrogen and oxygen atoms in total. The minimum atomic E-state index is -0.361. The van der Waals surface area contributed by atoms with Crippen LogP contribution in [0, 0.1) is 6.92 Å². The molecule has 16 heavy (non-hydrogen) atoms. The number of pyridine rings is 1. The van der Waals surface area contributed by atoms with Crippen LogP contribution in [0.4, 0.5) is 5.82 Å². The van der Waals surface area contributed by atoms with Gasteiger partial charge in [-0.1, -0.05) is 12.2 Å². The number of hydrogen-bond acceptors (Lipinski definition) is 5. The predicted octanol–water partition coefficient (Wildman–Crippen LogP) is 0.609. The van der Waals surface area contributed by atoms with Crippen LogP contribution in [0.5, 0.6) is 0 Å². The van der Waals surface area contributed by atoms with Crippen LogP contribution < -0.4 is 11.1 Å². The SMILES string of the molecule is COC(=O)CNc1cc(C(N)=S)cc(C)n1. The first-order valence-corrected chi connectivity index (χ1v) is 5.03. The zero-order chi connectivity index (χ0) is 12.1. The molecule has 0 spiro atoms. The smallest absolute Gasteiger partial charge is 0.325 e. The largest absolute Gasteiger partial charge is 0.468 e. The van der Waals surface area contributed by atoms with Gasteiger partial charge in [-0.2, -0.15) is 0 Å². The molecule has 1 aromatic heterocycles. The normalized spacial score (nSPS) is 9.62. The molecule has 1 aromatic rings. The van der Waals surface area contributed by atoms with Gasteiger partial charge in [0.15, 0.2) is 0 Å². The van der Waals surface area contributed by atoms with E-state index < -0.39 is 0 Å². The van der Waals surface area contributed by atoms with Crippen LogP contribution >= 0.6 is 12.2 Å². The lowest BCUT2D eigenvalue weighted by Crippen LogP contribution is -2.17. The number of ether oxygens (including phenoxy) is 1. The molecule has 86 valence electrons. The standard InChI is InChI=1S/C10H13N3O2S/c1-6-3-7(10(11)16)4-8(13-6)12-5-9(14)15-2/h3-4H,5H2,1-2H3,(H2,11,16)(H,12,13). The van der Waals surface area contributed by atoms with Crippen LogP contribution in [0.2, 0.25) is 0 Å². The van der Waals surface area contributed by atoms with Crippen LogP contribution in [0.25, 0.3) is 0 Å². The summed E-state index contributed by atoms with van der Waals surface area (Å²) in [6.07, 6.45) is 0. The number of methoxy groups -OCH3 is 1. The van der Waals surface area contributed by atoms with E-state index in [-0.39, 0.29) is 12.5 Å². The second-order valence-electron chi connectivity index (χ2n) is 3.18. The van der Waals surface area contributed by atoms with Crippen molar-refractivity contribution in [1.82, 2.24) is 4.98 Å². The zero-order valence-electron chi connectivity index (χ0n) is 9.11. The summed E-state index contributed by atoms with van der Waals surface area (Å²) in [6, 6.07) is 3.48. The molecular formula is C10H13N3O2S. The Morgan fingerprint density at radius 3 is 2.88 bits per heavy atom. The van der Waals surface area contributed by atoms with E-state index in [4.69, 9.17) is 18.0 Å². The number of anilines is 1. The Morgan fingerprint density at radius 1 is 1.62 bits per heavy atom. The van der Waals surface area contributed by atoms with Crippen LogP contribution in [-0.2, 0) is 9.53 Å². The molecule has 0 bridgehead atoms. The molecule has 6 heteroatoms. The number of thiocarbonyl (C=S) groups is 1. The van der Waals surface area contributed by atoms with Gasteiger partial charge in [0, 0.05) is 11.3 Å². The average Bonchev–Trinajstić information content (AvgIpc) is 2.25. The van der Waals surface area contributed by atoms with Crippen LogP contribution in [0.1, 0.15) is 11.3 Å².